The predicted molar refractivity (Wildman–Crippen MR) is 69.0 cm³/mol. The molecule has 1 aliphatic carbocycles. The number of rotatable bonds is 4. The van der Waals surface area contributed by atoms with Crippen LogP contribution in [0.5, 0.6) is 0 Å². The second kappa shape index (κ2) is 6.17. The van der Waals surface area contributed by atoms with E-state index in [4.69, 9.17) is 0 Å². The Kier molecular flexibility index (Phi) is 4.57. The van der Waals surface area contributed by atoms with Crippen molar-refractivity contribution in [1.29, 1.82) is 0 Å². The van der Waals surface area contributed by atoms with Crippen LogP contribution in [-0.4, -0.2) is 23.2 Å². The highest BCUT2D eigenvalue weighted by Crippen LogP contribution is 2.18. The minimum atomic E-state index is -0.158. The molecule has 3 nitrogen and oxygen atoms in total. The minimum absolute atomic E-state index is 0.137. The topological polar surface area (TPSA) is 49.3 Å². The lowest BCUT2D eigenvalue weighted by atomic mass is 9.93. The molecule has 1 heterocycles. The van der Waals surface area contributed by atoms with Crippen molar-refractivity contribution in [2.75, 3.05) is 0 Å². The fraction of sp³-hybridized carbons (Fsp3) is 0.615. The first kappa shape index (κ1) is 12.6. The molecule has 94 valence electrons. The van der Waals surface area contributed by atoms with E-state index in [-0.39, 0.29) is 18.1 Å². The summed E-state index contributed by atoms with van der Waals surface area (Å²) in [5.41, 5.74) is 1.24. The highest BCUT2D eigenvalue weighted by atomic mass is 32.1. The summed E-state index contributed by atoms with van der Waals surface area (Å²) < 4.78 is 0. The van der Waals surface area contributed by atoms with Crippen molar-refractivity contribution in [3.8, 4) is 0 Å². The minimum Gasteiger partial charge on any atom is -0.393 e. The van der Waals surface area contributed by atoms with Gasteiger partial charge in [0.15, 0.2) is 0 Å². The van der Waals surface area contributed by atoms with Crippen LogP contribution >= 0.6 is 11.3 Å². The number of carbonyl (C=O) groups excluding carboxylic acids is 1. The van der Waals surface area contributed by atoms with E-state index in [9.17, 15) is 9.90 Å². The molecule has 0 atom stereocenters. The zero-order valence-electron chi connectivity index (χ0n) is 9.89. The van der Waals surface area contributed by atoms with Gasteiger partial charge in [0.25, 0.3) is 0 Å². The summed E-state index contributed by atoms with van der Waals surface area (Å²) in [7, 11) is 0. The molecule has 0 aromatic carbocycles. The van der Waals surface area contributed by atoms with Crippen LogP contribution in [0.2, 0.25) is 0 Å². The molecular formula is C13H19NO2S. The third-order valence-corrected chi connectivity index (χ3v) is 4.01. The summed E-state index contributed by atoms with van der Waals surface area (Å²) in [5, 5.41) is 16.6. The number of thiophene rings is 1. The van der Waals surface area contributed by atoms with Crippen molar-refractivity contribution in [3.63, 3.8) is 0 Å². The molecular weight excluding hydrogens is 234 g/mol. The standard InChI is InChI=1S/C13H19NO2S/c15-12-4-2-11(3-5-12)14-13(16)6-1-10-7-8-17-9-10/h7-9,11-12,15H,1-6H2,(H,14,16). The number of aryl methyl sites for hydroxylation is 1. The molecule has 0 aliphatic heterocycles. The van der Waals surface area contributed by atoms with Gasteiger partial charge < -0.3 is 10.4 Å². The smallest absolute Gasteiger partial charge is 0.220 e. The average Bonchev–Trinajstić information content (AvgIpc) is 2.83. The molecule has 2 rings (SSSR count). The number of aliphatic hydroxyl groups is 1. The van der Waals surface area contributed by atoms with Gasteiger partial charge >= 0.3 is 0 Å². The van der Waals surface area contributed by atoms with Gasteiger partial charge in [0, 0.05) is 12.5 Å². The monoisotopic (exact) mass is 253 g/mol. The molecule has 17 heavy (non-hydrogen) atoms. The summed E-state index contributed by atoms with van der Waals surface area (Å²) in [6.45, 7) is 0. The van der Waals surface area contributed by atoms with Crippen LogP contribution in [0.1, 0.15) is 37.7 Å². The molecule has 0 bridgehead atoms. The van der Waals surface area contributed by atoms with E-state index < -0.39 is 0 Å². The molecule has 0 unspecified atom stereocenters. The van der Waals surface area contributed by atoms with Gasteiger partial charge in [-0.05, 0) is 54.5 Å². The SMILES string of the molecule is O=C(CCc1ccsc1)NC1CCC(O)CC1. The number of nitrogens with one attached hydrogen (secondary N) is 1. The average molecular weight is 253 g/mol. The van der Waals surface area contributed by atoms with E-state index in [1.807, 2.05) is 5.38 Å². The summed E-state index contributed by atoms with van der Waals surface area (Å²) in [5.74, 6) is 0.137. The van der Waals surface area contributed by atoms with Crippen molar-refractivity contribution in [2.24, 2.45) is 0 Å². The van der Waals surface area contributed by atoms with Gasteiger partial charge in [-0.25, -0.2) is 0 Å². The summed E-state index contributed by atoms with van der Waals surface area (Å²) in [6, 6.07) is 2.34. The summed E-state index contributed by atoms with van der Waals surface area (Å²) in [4.78, 5) is 11.7. The van der Waals surface area contributed by atoms with Crippen molar-refractivity contribution < 1.29 is 9.90 Å². The Labute approximate surface area is 106 Å². The van der Waals surface area contributed by atoms with Crippen molar-refractivity contribution in [1.82, 2.24) is 5.32 Å². The van der Waals surface area contributed by atoms with Gasteiger partial charge in [0.05, 0.1) is 6.10 Å². The molecule has 1 aromatic rings. The first-order valence-electron chi connectivity index (χ1n) is 6.22. The predicted octanol–water partition coefficient (Wildman–Crippen LogP) is 2.10. The van der Waals surface area contributed by atoms with Gasteiger partial charge in [0.2, 0.25) is 5.91 Å². The molecule has 0 radical (unpaired) electrons. The van der Waals surface area contributed by atoms with Gasteiger partial charge in [0.1, 0.15) is 0 Å². The Balaban J connectivity index is 1.67. The molecule has 2 N–H and O–H groups in total. The Morgan fingerprint density at radius 2 is 2.18 bits per heavy atom. The molecule has 4 heteroatoms. The Bertz CT molecular complexity index is 342. The number of carbonyl (C=O) groups is 1. The Hall–Kier alpha value is -0.870. The maximum Gasteiger partial charge on any atom is 0.220 e. The molecule has 1 amide bonds. The first-order chi connectivity index (χ1) is 8.24. The van der Waals surface area contributed by atoms with Crippen LogP contribution in [0, 0.1) is 0 Å². The second-order valence-corrected chi connectivity index (χ2v) is 5.48. The number of hydrogen-bond acceptors (Lipinski definition) is 3. The quantitative estimate of drug-likeness (QED) is 0.863. The second-order valence-electron chi connectivity index (χ2n) is 4.70. The number of hydrogen-bond donors (Lipinski definition) is 2. The molecule has 1 saturated carbocycles. The van der Waals surface area contributed by atoms with Gasteiger partial charge in [-0.1, -0.05) is 0 Å². The van der Waals surface area contributed by atoms with Crippen LogP contribution < -0.4 is 5.32 Å². The van der Waals surface area contributed by atoms with Crippen LogP contribution in [0.4, 0.5) is 0 Å². The number of amides is 1. The van der Waals surface area contributed by atoms with Gasteiger partial charge in [-0.3, -0.25) is 4.79 Å². The first-order valence-corrected chi connectivity index (χ1v) is 7.17. The summed E-state index contributed by atoms with van der Waals surface area (Å²) >= 11 is 1.67. The van der Waals surface area contributed by atoms with Crippen molar-refractivity contribution in [3.05, 3.63) is 22.4 Å². The molecule has 0 saturated heterocycles. The fourth-order valence-electron chi connectivity index (χ4n) is 2.21. The largest absolute Gasteiger partial charge is 0.393 e. The zero-order valence-corrected chi connectivity index (χ0v) is 10.7. The van der Waals surface area contributed by atoms with Crippen LogP contribution in [0.25, 0.3) is 0 Å². The maximum absolute atomic E-state index is 11.7. The molecule has 0 spiro atoms. The van der Waals surface area contributed by atoms with E-state index in [0.717, 1.165) is 32.1 Å². The van der Waals surface area contributed by atoms with Crippen molar-refractivity contribution >= 4 is 17.2 Å². The highest BCUT2D eigenvalue weighted by Gasteiger charge is 2.20. The third kappa shape index (κ3) is 4.13. The lowest BCUT2D eigenvalue weighted by Gasteiger charge is -2.26. The maximum atomic E-state index is 11.7. The van der Waals surface area contributed by atoms with Crippen LogP contribution in [-0.2, 0) is 11.2 Å². The van der Waals surface area contributed by atoms with E-state index in [2.05, 4.69) is 16.8 Å². The lowest BCUT2D eigenvalue weighted by molar-refractivity contribution is -0.122. The van der Waals surface area contributed by atoms with E-state index in [1.54, 1.807) is 11.3 Å². The van der Waals surface area contributed by atoms with Crippen molar-refractivity contribution in [2.45, 2.75) is 50.7 Å². The number of aliphatic hydroxyl groups excluding tert-OH is 1. The molecule has 1 aromatic heterocycles. The Morgan fingerprint density at radius 3 is 2.82 bits per heavy atom. The normalized spacial score (nSPS) is 24.5. The van der Waals surface area contributed by atoms with Crippen LogP contribution in [0.15, 0.2) is 16.8 Å². The fourth-order valence-corrected chi connectivity index (χ4v) is 2.92. The van der Waals surface area contributed by atoms with Gasteiger partial charge in [-0.15, -0.1) is 0 Å². The zero-order chi connectivity index (χ0) is 12.1. The highest BCUT2D eigenvalue weighted by molar-refractivity contribution is 7.07. The molecule has 1 fully saturated rings. The van der Waals surface area contributed by atoms with E-state index in [1.165, 1.54) is 5.56 Å². The van der Waals surface area contributed by atoms with Gasteiger partial charge in [-0.2, -0.15) is 11.3 Å². The Morgan fingerprint density at radius 1 is 1.41 bits per heavy atom. The van der Waals surface area contributed by atoms with Crippen LogP contribution in [0.3, 0.4) is 0 Å². The third-order valence-electron chi connectivity index (χ3n) is 3.28. The van der Waals surface area contributed by atoms with E-state index >= 15 is 0 Å². The summed E-state index contributed by atoms with van der Waals surface area (Å²) in [6.07, 6.45) is 4.68. The molecule has 1 aliphatic rings. The van der Waals surface area contributed by atoms with E-state index in [0.29, 0.717) is 6.42 Å². The lowest BCUT2D eigenvalue weighted by Crippen LogP contribution is -2.38.